The van der Waals surface area contributed by atoms with Crippen molar-refractivity contribution in [3.05, 3.63) is 70.3 Å². The summed E-state index contributed by atoms with van der Waals surface area (Å²) in [5, 5.41) is -0.0185. The molecule has 1 amide bonds. The van der Waals surface area contributed by atoms with Gasteiger partial charge in [-0.05, 0) is 112 Å². The molecule has 50 heavy (non-hydrogen) atoms. The van der Waals surface area contributed by atoms with E-state index in [1.165, 1.54) is 11.1 Å². The quantitative estimate of drug-likeness (QED) is 0.415. The number of carbonyl (C=O) groups excluding carboxylic acids is 1. The summed E-state index contributed by atoms with van der Waals surface area (Å²) in [5.41, 5.74) is 2.95. The van der Waals surface area contributed by atoms with Gasteiger partial charge in [-0.15, -0.1) is 0 Å². The van der Waals surface area contributed by atoms with E-state index in [0.29, 0.717) is 24.5 Å². The number of nitrogens with zero attached hydrogens (tertiary/aromatic N) is 3. The Kier molecular flexibility index (Phi) is 10.1. The van der Waals surface area contributed by atoms with Crippen molar-refractivity contribution in [3.63, 3.8) is 0 Å². The maximum absolute atomic E-state index is 13.6. The van der Waals surface area contributed by atoms with E-state index in [1.807, 2.05) is 32.2 Å². The van der Waals surface area contributed by atoms with Crippen LogP contribution in [0.2, 0.25) is 5.02 Å². The molecule has 1 saturated heterocycles. The molecule has 0 radical (unpaired) electrons. The first kappa shape index (κ1) is 35.8. The highest BCUT2D eigenvalue weighted by Crippen LogP contribution is 2.49. The summed E-state index contributed by atoms with van der Waals surface area (Å²) < 4.78 is 42.8. The number of methoxy groups -OCH3 is 1. The van der Waals surface area contributed by atoms with Crippen LogP contribution in [0.25, 0.3) is 0 Å². The summed E-state index contributed by atoms with van der Waals surface area (Å²) in [6.07, 6.45) is 10.1. The molecule has 1 spiro atoms. The number of amides is 1. The topological polar surface area (TPSA) is 91.4 Å². The van der Waals surface area contributed by atoms with Crippen molar-refractivity contribution in [1.29, 1.82) is 0 Å². The van der Waals surface area contributed by atoms with Gasteiger partial charge >= 0.3 is 0 Å². The number of allylic oxidation sites excluding steroid dienone is 1. The third-order valence-electron chi connectivity index (χ3n) is 12.7. The molecule has 2 aromatic rings. The van der Waals surface area contributed by atoms with Gasteiger partial charge in [0.25, 0.3) is 5.91 Å². The number of rotatable bonds is 3. The molecule has 3 heterocycles. The molecule has 1 N–H and O–H groups in total. The minimum atomic E-state index is -3.94. The number of hydrogen-bond donors (Lipinski definition) is 1. The highest BCUT2D eigenvalue weighted by molar-refractivity contribution is 7.90. The van der Waals surface area contributed by atoms with Gasteiger partial charge in [0.1, 0.15) is 11.4 Å². The summed E-state index contributed by atoms with van der Waals surface area (Å²) in [7, 11) is 0.0846. The van der Waals surface area contributed by atoms with E-state index in [2.05, 4.69) is 50.8 Å². The Morgan fingerprint density at radius 3 is 2.62 bits per heavy atom. The predicted molar refractivity (Wildman–Crippen MR) is 199 cm³/mol. The fourth-order valence-electron chi connectivity index (χ4n) is 9.16. The second kappa shape index (κ2) is 14.1. The van der Waals surface area contributed by atoms with Gasteiger partial charge in [0.15, 0.2) is 0 Å². The summed E-state index contributed by atoms with van der Waals surface area (Å²) in [6, 6.07) is 11.6. The predicted octanol–water partition coefficient (Wildman–Crippen LogP) is 5.52. The largest absolute Gasteiger partial charge is 0.490 e. The van der Waals surface area contributed by atoms with Crippen LogP contribution in [0.15, 0.2) is 48.6 Å². The molecule has 0 aromatic heterocycles. The van der Waals surface area contributed by atoms with Crippen molar-refractivity contribution in [2.24, 2.45) is 17.8 Å². The lowest BCUT2D eigenvalue weighted by Crippen LogP contribution is -2.58. The summed E-state index contributed by atoms with van der Waals surface area (Å²) in [6.45, 7) is 10.5. The van der Waals surface area contributed by atoms with E-state index in [1.54, 1.807) is 13.0 Å². The summed E-state index contributed by atoms with van der Waals surface area (Å²) >= 11 is 6.49. The van der Waals surface area contributed by atoms with Gasteiger partial charge in [-0.2, -0.15) is 0 Å². The number of likely N-dealkylation sites (N-methyl/N-ethyl adjacent to an activating group) is 1. The number of nitrogens with one attached hydrogen (secondary N) is 1. The third-order valence-corrected chi connectivity index (χ3v) is 14.8. The fourth-order valence-corrected chi connectivity index (χ4v) is 10.6. The zero-order valence-electron chi connectivity index (χ0n) is 30.0. The number of ether oxygens (including phenoxy) is 2. The van der Waals surface area contributed by atoms with Gasteiger partial charge in [0, 0.05) is 68.9 Å². The maximum atomic E-state index is 13.6. The highest BCUT2D eigenvalue weighted by Gasteiger charge is 2.50. The van der Waals surface area contributed by atoms with Crippen molar-refractivity contribution in [2.75, 3.05) is 71.5 Å². The minimum absolute atomic E-state index is 0.208. The first-order valence-electron chi connectivity index (χ1n) is 18.4. The van der Waals surface area contributed by atoms with Gasteiger partial charge in [-0.1, -0.05) is 36.7 Å². The Morgan fingerprint density at radius 2 is 1.88 bits per heavy atom. The first-order chi connectivity index (χ1) is 23.9. The van der Waals surface area contributed by atoms with Crippen molar-refractivity contribution in [2.45, 2.75) is 68.6 Å². The lowest BCUT2D eigenvalue weighted by atomic mass is 9.63. The number of piperazine rings is 1. The molecule has 0 unspecified atom stereocenters. The second-order valence-electron chi connectivity index (χ2n) is 15.8. The number of carbonyl (C=O) groups is 1. The van der Waals surface area contributed by atoms with Crippen LogP contribution in [0, 0.1) is 17.8 Å². The molecule has 2 aromatic carbocycles. The SMILES string of the molecule is CO[C@@]1(CN2CCN(C)CC2)/C=C/C[C@H](C)[C@@H](C)S(=O)(=O)NC(=O)c2ccc3c(c2)N(C[C@@H]2CC[C@H]21)C[C@@]1(CCCc2cc(Cl)ccc21)CO3. The van der Waals surface area contributed by atoms with Crippen molar-refractivity contribution in [3.8, 4) is 5.75 Å². The molecule has 9 nitrogen and oxygen atoms in total. The molecular weight excluding hydrogens is 672 g/mol. The summed E-state index contributed by atoms with van der Waals surface area (Å²) in [5.74, 6) is 0.529. The molecule has 272 valence electrons. The second-order valence-corrected chi connectivity index (χ2v) is 18.2. The van der Waals surface area contributed by atoms with Crippen LogP contribution in [0.1, 0.15) is 67.4 Å². The molecule has 2 aliphatic carbocycles. The third kappa shape index (κ3) is 6.83. The van der Waals surface area contributed by atoms with Crippen LogP contribution in [-0.2, 0) is 26.6 Å². The highest BCUT2D eigenvalue weighted by atomic mass is 35.5. The van der Waals surface area contributed by atoms with Gasteiger partial charge < -0.3 is 19.3 Å². The molecule has 5 aliphatic rings. The molecule has 7 rings (SSSR count). The maximum Gasteiger partial charge on any atom is 0.264 e. The van der Waals surface area contributed by atoms with E-state index in [4.69, 9.17) is 21.1 Å². The first-order valence-corrected chi connectivity index (χ1v) is 20.3. The van der Waals surface area contributed by atoms with E-state index in [0.717, 1.165) is 94.4 Å². The van der Waals surface area contributed by atoms with Gasteiger partial charge in [0.2, 0.25) is 10.0 Å². The number of fused-ring (bicyclic) bond motifs is 4. The van der Waals surface area contributed by atoms with Crippen LogP contribution in [0.3, 0.4) is 0 Å². The Balaban J connectivity index is 1.31. The lowest BCUT2D eigenvalue weighted by molar-refractivity contribution is -0.0949. The van der Waals surface area contributed by atoms with Crippen LogP contribution >= 0.6 is 11.6 Å². The van der Waals surface area contributed by atoms with Gasteiger partial charge in [0.05, 0.1) is 17.5 Å². The van der Waals surface area contributed by atoms with Crippen LogP contribution in [0.5, 0.6) is 5.75 Å². The minimum Gasteiger partial charge on any atom is -0.490 e. The zero-order chi connectivity index (χ0) is 35.3. The van der Waals surface area contributed by atoms with Crippen molar-refractivity contribution < 1.29 is 22.7 Å². The molecule has 3 aliphatic heterocycles. The Hall–Kier alpha value is -2.63. The standard InChI is InChI=1S/C39H53ClN4O5S/c1-27-7-5-16-39(48-4,25-43-19-17-42(3)18-20-43)34-12-9-31(34)23-44-24-38(15-6-8-29-21-32(40)11-13-33(29)38)26-49-36-14-10-30(22-35(36)44)37(45)41-50(46,47)28(27)2/h5,10-11,13-14,16,21-22,27-28,31,34H,6-9,12,15,17-20,23-26H2,1-4H3,(H,41,45)/b16-5+/t27-,28+,31-,34+,38-,39+/m0/s1. The molecule has 2 fully saturated rings. The van der Waals surface area contributed by atoms with Crippen LogP contribution in [-0.4, -0.2) is 102 Å². The van der Waals surface area contributed by atoms with Gasteiger partial charge in [-0.25, -0.2) is 13.1 Å². The van der Waals surface area contributed by atoms with Crippen molar-refractivity contribution in [1.82, 2.24) is 14.5 Å². The lowest BCUT2D eigenvalue weighted by Gasteiger charge is -2.52. The van der Waals surface area contributed by atoms with Crippen LogP contribution in [0.4, 0.5) is 5.69 Å². The molecule has 6 atom stereocenters. The van der Waals surface area contributed by atoms with Gasteiger partial charge in [-0.3, -0.25) is 9.69 Å². The smallest absolute Gasteiger partial charge is 0.264 e. The molecular formula is C39H53ClN4O5S. The average molecular weight is 725 g/mol. The fraction of sp³-hybridized carbons (Fsp3) is 0.615. The Morgan fingerprint density at radius 1 is 1.08 bits per heavy atom. The number of sulfonamides is 1. The van der Waals surface area contributed by atoms with E-state index < -0.39 is 26.8 Å². The number of hydrogen-bond acceptors (Lipinski definition) is 8. The summed E-state index contributed by atoms with van der Waals surface area (Å²) in [4.78, 5) is 20.9. The average Bonchev–Trinajstić information content (AvgIpc) is 3.23. The normalized spacial score (nSPS) is 34.0. The Labute approximate surface area is 303 Å². The van der Waals surface area contributed by atoms with Crippen molar-refractivity contribution >= 4 is 33.2 Å². The van der Waals surface area contributed by atoms with E-state index in [-0.39, 0.29) is 17.3 Å². The monoisotopic (exact) mass is 724 g/mol. The number of halogens is 1. The molecule has 2 bridgehead atoms. The number of anilines is 1. The Bertz CT molecular complexity index is 1730. The van der Waals surface area contributed by atoms with E-state index in [9.17, 15) is 13.2 Å². The number of benzene rings is 2. The van der Waals surface area contributed by atoms with Crippen LogP contribution < -0.4 is 14.4 Å². The zero-order valence-corrected chi connectivity index (χ0v) is 31.6. The number of aryl methyl sites for hydroxylation is 1. The van der Waals surface area contributed by atoms with E-state index >= 15 is 0 Å². The molecule has 11 heteroatoms. The molecule has 1 saturated carbocycles.